The number of β-amino-alcohol motifs (C(OH)–C–C–N with tert-alkyl or cyclic N) is 1. The first kappa shape index (κ1) is 18.4. The van der Waals surface area contributed by atoms with E-state index in [9.17, 15) is 13.5 Å². The SMILES string of the molecule is CC(C)CNS(=O)(=O)c1ccc(C(O)CNC2(C)COC2)cc1. The van der Waals surface area contributed by atoms with Crippen molar-refractivity contribution < 1.29 is 18.3 Å². The van der Waals surface area contributed by atoms with Crippen LogP contribution in [0.1, 0.15) is 32.4 Å². The van der Waals surface area contributed by atoms with Gasteiger partial charge in [0, 0.05) is 13.1 Å². The number of hydrogen-bond donors (Lipinski definition) is 3. The highest BCUT2D eigenvalue weighted by Crippen LogP contribution is 2.19. The van der Waals surface area contributed by atoms with Crippen LogP contribution in [-0.4, -0.2) is 45.4 Å². The Labute approximate surface area is 138 Å². The van der Waals surface area contributed by atoms with Crippen LogP contribution in [0.15, 0.2) is 29.2 Å². The molecule has 1 aromatic rings. The molecular formula is C16H26N2O4S. The number of aliphatic hydroxyl groups excluding tert-OH is 1. The van der Waals surface area contributed by atoms with Crippen molar-refractivity contribution >= 4 is 10.0 Å². The first-order chi connectivity index (χ1) is 10.7. The third-order valence-electron chi connectivity index (χ3n) is 3.82. The van der Waals surface area contributed by atoms with Gasteiger partial charge in [-0.05, 0) is 30.5 Å². The summed E-state index contributed by atoms with van der Waals surface area (Å²) >= 11 is 0. The number of rotatable bonds is 8. The van der Waals surface area contributed by atoms with Crippen molar-refractivity contribution in [2.75, 3.05) is 26.3 Å². The molecule has 1 atom stereocenters. The van der Waals surface area contributed by atoms with Crippen molar-refractivity contribution in [2.24, 2.45) is 5.92 Å². The molecule has 1 saturated heterocycles. The third-order valence-corrected chi connectivity index (χ3v) is 5.26. The molecule has 23 heavy (non-hydrogen) atoms. The molecule has 1 heterocycles. The van der Waals surface area contributed by atoms with Crippen LogP contribution >= 0.6 is 0 Å². The summed E-state index contributed by atoms with van der Waals surface area (Å²) in [6.45, 7) is 8.01. The lowest BCUT2D eigenvalue weighted by atomic mass is 10.00. The molecule has 3 N–H and O–H groups in total. The van der Waals surface area contributed by atoms with Gasteiger partial charge in [-0.15, -0.1) is 0 Å². The van der Waals surface area contributed by atoms with Crippen LogP contribution in [-0.2, 0) is 14.8 Å². The molecule has 0 spiro atoms. The van der Waals surface area contributed by atoms with E-state index in [4.69, 9.17) is 4.74 Å². The monoisotopic (exact) mass is 342 g/mol. The van der Waals surface area contributed by atoms with Crippen LogP contribution in [0.5, 0.6) is 0 Å². The van der Waals surface area contributed by atoms with Crippen LogP contribution < -0.4 is 10.0 Å². The molecule has 0 aromatic heterocycles. The smallest absolute Gasteiger partial charge is 0.240 e. The van der Waals surface area contributed by atoms with Crippen LogP contribution in [0.2, 0.25) is 0 Å². The topological polar surface area (TPSA) is 87.7 Å². The molecule has 1 aromatic carbocycles. The Morgan fingerprint density at radius 2 is 1.83 bits per heavy atom. The quantitative estimate of drug-likeness (QED) is 0.657. The molecule has 1 fully saturated rings. The lowest BCUT2D eigenvalue weighted by Gasteiger charge is -2.39. The summed E-state index contributed by atoms with van der Waals surface area (Å²) in [4.78, 5) is 0.210. The van der Waals surface area contributed by atoms with Gasteiger partial charge in [0.05, 0.1) is 29.8 Å². The summed E-state index contributed by atoms with van der Waals surface area (Å²) in [6.07, 6.45) is -0.687. The van der Waals surface area contributed by atoms with Gasteiger partial charge in [-0.1, -0.05) is 26.0 Å². The summed E-state index contributed by atoms with van der Waals surface area (Å²) in [5, 5.41) is 13.5. The average molecular weight is 342 g/mol. The Morgan fingerprint density at radius 1 is 1.22 bits per heavy atom. The Bertz CT molecular complexity index is 609. The lowest BCUT2D eigenvalue weighted by Crippen LogP contribution is -2.58. The predicted octanol–water partition coefficient (Wildman–Crippen LogP) is 1.03. The number of ether oxygens (including phenoxy) is 1. The van der Waals surface area contributed by atoms with Crippen LogP contribution in [0.3, 0.4) is 0 Å². The first-order valence-electron chi connectivity index (χ1n) is 7.82. The molecule has 0 radical (unpaired) electrons. The number of hydrogen-bond acceptors (Lipinski definition) is 5. The molecule has 1 aliphatic heterocycles. The zero-order chi connectivity index (χ0) is 17.1. The van der Waals surface area contributed by atoms with Crippen molar-refractivity contribution in [1.82, 2.24) is 10.0 Å². The van der Waals surface area contributed by atoms with Crippen molar-refractivity contribution in [2.45, 2.75) is 37.3 Å². The molecule has 0 aliphatic carbocycles. The van der Waals surface area contributed by atoms with Gasteiger partial charge in [0.1, 0.15) is 0 Å². The van der Waals surface area contributed by atoms with Crippen molar-refractivity contribution in [3.8, 4) is 0 Å². The maximum absolute atomic E-state index is 12.1. The second-order valence-corrected chi connectivity index (χ2v) is 8.53. The van der Waals surface area contributed by atoms with Gasteiger partial charge >= 0.3 is 0 Å². The summed E-state index contributed by atoms with van der Waals surface area (Å²) in [5.74, 6) is 0.244. The van der Waals surface area contributed by atoms with Gasteiger partial charge in [-0.3, -0.25) is 0 Å². The minimum Gasteiger partial charge on any atom is -0.387 e. The van der Waals surface area contributed by atoms with Gasteiger partial charge in [-0.25, -0.2) is 13.1 Å². The zero-order valence-corrected chi connectivity index (χ0v) is 14.7. The van der Waals surface area contributed by atoms with E-state index in [1.54, 1.807) is 12.1 Å². The van der Waals surface area contributed by atoms with Crippen LogP contribution in [0, 0.1) is 5.92 Å². The fraction of sp³-hybridized carbons (Fsp3) is 0.625. The molecule has 2 rings (SSSR count). The number of sulfonamides is 1. The first-order valence-corrected chi connectivity index (χ1v) is 9.31. The van der Waals surface area contributed by atoms with E-state index in [0.29, 0.717) is 31.9 Å². The van der Waals surface area contributed by atoms with E-state index in [-0.39, 0.29) is 16.4 Å². The summed E-state index contributed by atoms with van der Waals surface area (Å²) in [6, 6.07) is 6.34. The van der Waals surface area contributed by atoms with Crippen molar-refractivity contribution in [3.05, 3.63) is 29.8 Å². The van der Waals surface area contributed by atoms with Crippen molar-refractivity contribution in [3.63, 3.8) is 0 Å². The third kappa shape index (κ3) is 4.99. The molecule has 130 valence electrons. The number of benzene rings is 1. The highest BCUT2D eigenvalue weighted by atomic mass is 32.2. The molecule has 0 bridgehead atoms. The van der Waals surface area contributed by atoms with Gasteiger partial charge in [0.2, 0.25) is 10.0 Å². The predicted molar refractivity (Wildman–Crippen MR) is 88.7 cm³/mol. The molecule has 6 nitrogen and oxygen atoms in total. The van der Waals surface area contributed by atoms with E-state index < -0.39 is 16.1 Å². The van der Waals surface area contributed by atoms with E-state index >= 15 is 0 Å². The van der Waals surface area contributed by atoms with Crippen LogP contribution in [0.4, 0.5) is 0 Å². The molecule has 0 amide bonds. The van der Waals surface area contributed by atoms with Gasteiger partial charge < -0.3 is 15.2 Å². The van der Waals surface area contributed by atoms with E-state index in [1.165, 1.54) is 12.1 Å². The standard InChI is InChI=1S/C16H26N2O4S/c1-12(2)8-18-23(20,21)14-6-4-13(5-7-14)15(19)9-17-16(3)10-22-11-16/h4-7,12,15,17-19H,8-11H2,1-3H3. The maximum atomic E-state index is 12.1. The number of aliphatic hydroxyl groups is 1. The maximum Gasteiger partial charge on any atom is 0.240 e. The summed E-state index contributed by atoms with van der Waals surface area (Å²) in [7, 11) is -3.49. The fourth-order valence-electron chi connectivity index (χ4n) is 2.20. The van der Waals surface area contributed by atoms with Gasteiger partial charge in [0.25, 0.3) is 0 Å². The molecule has 7 heteroatoms. The Hall–Kier alpha value is -0.990. The molecule has 1 unspecified atom stereocenters. The van der Waals surface area contributed by atoms with E-state index in [0.717, 1.165) is 0 Å². The van der Waals surface area contributed by atoms with Crippen molar-refractivity contribution in [1.29, 1.82) is 0 Å². The summed E-state index contributed by atoms with van der Waals surface area (Å²) < 4.78 is 32.0. The Morgan fingerprint density at radius 3 is 2.30 bits per heavy atom. The highest BCUT2D eigenvalue weighted by molar-refractivity contribution is 7.89. The highest BCUT2D eigenvalue weighted by Gasteiger charge is 2.33. The van der Waals surface area contributed by atoms with E-state index in [2.05, 4.69) is 10.0 Å². The minimum atomic E-state index is -3.49. The average Bonchev–Trinajstić information content (AvgIpc) is 2.49. The molecule has 0 saturated carbocycles. The van der Waals surface area contributed by atoms with E-state index in [1.807, 2.05) is 20.8 Å². The summed E-state index contributed by atoms with van der Waals surface area (Å²) in [5.41, 5.74) is 0.606. The largest absolute Gasteiger partial charge is 0.387 e. The molecule has 1 aliphatic rings. The van der Waals surface area contributed by atoms with Gasteiger partial charge in [0.15, 0.2) is 0 Å². The second kappa shape index (κ2) is 7.27. The zero-order valence-electron chi connectivity index (χ0n) is 13.9. The second-order valence-electron chi connectivity index (χ2n) is 6.76. The lowest BCUT2D eigenvalue weighted by molar-refractivity contribution is -0.0679. The Balaban J connectivity index is 1.95. The fourth-order valence-corrected chi connectivity index (χ4v) is 3.41. The number of nitrogens with one attached hydrogen (secondary N) is 2. The molecular weight excluding hydrogens is 316 g/mol. The Kier molecular flexibility index (Phi) is 5.80. The van der Waals surface area contributed by atoms with Gasteiger partial charge in [-0.2, -0.15) is 0 Å². The minimum absolute atomic E-state index is 0.0783. The normalized spacial score (nSPS) is 18.7. The van der Waals surface area contributed by atoms with Crippen LogP contribution in [0.25, 0.3) is 0 Å².